The standard InChI is InChI=1S/C28H38N2O3/c1-20-10-11-24-22(25(31)32-28(24)23(20)12-13-27(2)26(28)33-27)19-30-17-15-29(16-18-30)14-6-9-21-7-4-3-5-8-21/h3-9,20,22-24,26H,10-19H2,1-2H3/b9-6+. The van der Waals surface area contributed by atoms with Crippen LogP contribution in [0, 0.1) is 23.7 Å². The van der Waals surface area contributed by atoms with E-state index in [0.717, 1.165) is 58.5 Å². The number of piperazine rings is 1. The Balaban J connectivity index is 1.08. The molecule has 0 radical (unpaired) electrons. The zero-order valence-corrected chi connectivity index (χ0v) is 20.1. The minimum Gasteiger partial charge on any atom is -0.455 e. The van der Waals surface area contributed by atoms with Crippen molar-refractivity contribution in [1.82, 2.24) is 9.80 Å². The number of benzene rings is 1. The van der Waals surface area contributed by atoms with Crippen LogP contribution in [0.2, 0.25) is 0 Å². The van der Waals surface area contributed by atoms with Gasteiger partial charge in [-0.05, 0) is 44.1 Å². The maximum Gasteiger partial charge on any atom is 0.311 e. The Morgan fingerprint density at radius 2 is 1.79 bits per heavy atom. The summed E-state index contributed by atoms with van der Waals surface area (Å²) in [7, 11) is 0. The number of hydrogen-bond acceptors (Lipinski definition) is 5. The van der Waals surface area contributed by atoms with Crippen molar-refractivity contribution < 1.29 is 14.3 Å². The molecule has 5 fully saturated rings. The van der Waals surface area contributed by atoms with Gasteiger partial charge in [0.1, 0.15) is 11.7 Å². The van der Waals surface area contributed by atoms with E-state index in [1.165, 1.54) is 12.0 Å². The maximum absolute atomic E-state index is 13.3. The Morgan fingerprint density at radius 3 is 2.58 bits per heavy atom. The van der Waals surface area contributed by atoms with Crippen LogP contribution in [0.15, 0.2) is 36.4 Å². The molecular formula is C28H38N2O3. The molecule has 5 aliphatic rings. The number of carbonyl (C=O) groups is 1. The lowest BCUT2D eigenvalue weighted by Gasteiger charge is -2.50. The molecule has 0 aromatic heterocycles. The van der Waals surface area contributed by atoms with E-state index in [-0.39, 0.29) is 29.2 Å². The van der Waals surface area contributed by atoms with Crippen molar-refractivity contribution in [3.8, 4) is 0 Å². The highest BCUT2D eigenvalue weighted by atomic mass is 16.7. The first-order valence-corrected chi connectivity index (χ1v) is 13.1. The van der Waals surface area contributed by atoms with Crippen molar-refractivity contribution in [2.24, 2.45) is 23.7 Å². The average molecular weight is 451 g/mol. The van der Waals surface area contributed by atoms with Crippen LogP contribution >= 0.6 is 0 Å². The van der Waals surface area contributed by atoms with Gasteiger partial charge in [-0.2, -0.15) is 0 Å². The third-order valence-electron chi connectivity index (χ3n) is 9.48. The van der Waals surface area contributed by atoms with Crippen LogP contribution in [0.25, 0.3) is 6.08 Å². The highest BCUT2D eigenvalue weighted by molar-refractivity contribution is 5.77. The van der Waals surface area contributed by atoms with Gasteiger partial charge in [0.2, 0.25) is 0 Å². The van der Waals surface area contributed by atoms with Crippen molar-refractivity contribution in [3.63, 3.8) is 0 Å². The van der Waals surface area contributed by atoms with Gasteiger partial charge < -0.3 is 9.47 Å². The quantitative estimate of drug-likeness (QED) is 0.504. The van der Waals surface area contributed by atoms with Gasteiger partial charge in [-0.15, -0.1) is 0 Å². The van der Waals surface area contributed by atoms with Crippen LogP contribution < -0.4 is 0 Å². The van der Waals surface area contributed by atoms with E-state index in [2.05, 4.69) is 66.1 Å². The number of ether oxygens (including phenoxy) is 2. The SMILES string of the molecule is CC1CCC2C(CN3CCN(C/C=C/c4ccccc4)CC3)C(=O)OC23C1CCC1(C)OC13. The lowest BCUT2D eigenvalue weighted by Crippen LogP contribution is -2.58. The third-order valence-corrected chi connectivity index (χ3v) is 9.48. The number of hydrogen-bond donors (Lipinski definition) is 0. The Kier molecular flexibility index (Phi) is 5.43. The molecule has 7 unspecified atom stereocenters. The molecule has 3 aliphatic heterocycles. The zero-order valence-electron chi connectivity index (χ0n) is 20.1. The monoisotopic (exact) mass is 450 g/mol. The second kappa shape index (κ2) is 8.21. The van der Waals surface area contributed by atoms with Gasteiger partial charge in [-0.1, -0.05) is 49.4 Å². The molecule has 0 amide bonds. The summed E-state index contributed by atoms with van der Waals surface area (Å²) >= 11 is 0. The van der Waals surface area contributed by atoms with Crippen molar-refractivity contribution in [3.05, 3.63) is 42.0 Å². The molecule has 1 aromatic rings. The maximum atomic E-state index is 13.3. The number of nitrogens with zero attached hydrogens (tertiary/aromatic N) is 2. The van der Waals surface area contributed by atoms with Gasteiger partial charge >= 0.3 is 5.97 Å². The smallest absolute Gasteiger partial charge is 0.311 e. The van der Waals surface area contributed by atoms with Crippen molar-refractivity contribution in [2.45, 2.75) is 56.8 Å². The molecule has 0 N–H and O–H groups in total. The van der Waals surface area contributed by atoms with E-state index in [4.69, 9.17) is 9.47 Å². The van der Waals surface area contributed by atoms with E-state index >= 15 is 0 Å². The van der Waals surface area contributed by atoms with E-state index in [1.54, 1.807) is 0 Å². The molecule has 0 bridgehead atoms. The van der Waals surface area contributed by atoms with Gasteiger partial charge in [0.05, 0.1) is 11.5 Å². The number of rotatable bonds is 5. The number of esters is 1. The van der Waals surface area contributed by atoms with Gasteiger partial charge in [0.25, 0.3) is 0 Å². The number of carbonyl (C=O) groups excluding carboxylic acids is 1. The predicted molar refractivity (Wildman–Crippen MR) is 129 cm³/mol. The number of fused-ring (bicyclic) bond motifs is 1. The second-order valence-electron chi connectivity index (χ2n) is 11.4. The molecule has 3 saturated heterocycles. The van der Waals surface area contributed by atoms with Gasteiger partial charge in [-0.3, -0.25) is 14.6 Å². The molecule has 33 heavy (non-hydrogen) atoms. The first kappa shape index (κ1) is 21.8. The van der Waals surface area contributed by atoms with Crippen molar-refractivity contribution in [2.75, 3.05) is 39.3 Å². The first-order chi connectivity index (χ1) is 16.0. The van der Waals surface area contributed by atoms with E-state index in [0.29, 0.717) is 17.8 Å². The zero-order chi connectivity index (χ0) is 22.6. The minimum absolute atomic E-state index is 0.0103. The third kappa shape index (κ3) is 3.67. The Hall–Kier alpha value is -1.69. The largest absolute Gasteiger partial charge is 0.455 e. The van der Waals surface area contributed by atoms with Crippen LogP contribution in [0.4, 0.5) is 0 Å². The molecule has 1 aromatic carbocycles. The lowest BCUT2D eigenvalue weighted by molar-refractivity contribution is -0.168. The molecule has 5 nitrogen and oxygen atoms in total. The molecule has 1 spiro atoms. The summed E-state index contributed by atoms with van der Waals surface area (Å²) in [6.07, 6.45) is 9.17. The van der Waals surface area contributed by atoms with Crippen molar-refractivity contribution >= 4 is 12.0 Å². The van der Waals surface area contributed by atoms with Crippen LogP contribution in [0.3, 0.4) is 0 Å². The molecule has 178 valence electrons. The van der Waals surface area contributed by atoms with Crippen LogP contribution in [-0.2, 0) is 14.3 Å². The first-order valence-electron chi connectivity index (χ1n) is 13.1. The summed E-state index contributed by atoms with van der Waals surface area (Å²) in [5.74, 6) is 1.47. The molecule has 2 saturated carbocycles. The minimum atomic E-state index is -0.351. The highest BCUT2D eigenvalue weighted by Crippen LogP contribution is 2.66. The van der Waals surface area contributed by atoms with Crippen LogP contribution in [0.1, 0.15) is 45.1 Å². The summed E-state index contributed by atoms with van der Waals surface area (Å²) < 4.78 is 12.7. The van der Waals surface area contributed by atoms with Gasteiger partial charge in [0, 0.05) is 51.1 Å². The van der Waals surface area contributed by atoms with Crippen LogP contribution in [-0.4, -0.2) is 72.3 Å². The summed E-state index contributed by atoms with van der Waals surface area (Å²) in [6, 6.07) is 10.5. The summed E-state index contributed by atoms with van der Waals surface area (Å²) in [4.78, 5) is 18.3. The Labute approximate surface area is 198 Å². The molecule has 5 heteroatoms. The van der Waals surface area contributed by atoms with Crippen molar-refractivity contribution in [1.29, 1.82) is 0 Å². The van der Waals surface area contributed by atoms with E-state index in [1.807, 2.05) is 0 Å². The fourth-order valence-electron chi connectivity index (χ4n) is 7.60. The topological polar surface area (TPSA) is 45.3 Å². The summed E-state index contributed by atoms with van der Waals surface area (Å²) in [5.41, 5.74) is 0.847. The highest BCUT2D eigenvalue weighted by Gasteiger charge is 2.77. The normalized spacial score (nSPS) is 43.1. The van der Waals surface area contributed by atoms with Gasteiger partial charge in [-0.25, -0.2) is 0 Å². The van der Waals surface area contributed by atoms with E-state index in [9.17, 15) is 4.79 Å². The lowest BCUT2D eigenvalue weighted by atomic mass is 9.55. The predicted octanol–water partition coefficient (Wildman–Crippen LogP) is 3.84. The number of epoxide rings is 1. The average Bonchev–Trinajstić information content (AvgIpc) is 3.45. The molecule has 6 rings (SSSR count). The van der Waals surface area contributed by atoms with Crippen LogP contribution in [0.5, 0.6) is 0 Å². The molecular weight excluding hydrogens is 412 g/mol. The molecule has 2 aliphatic carbocycles. The summed E-state index contributed by atoms with van der Waals surface area (Å²) in [5, 5.41) is 0. The fraction of sp³-hybridized carbons (Fsp3) is 0.679. The molecule has 7 atom stereocenters. The molecule has 3 heterocycles. The van der Waals surface area contributed by atoms with E-state index < -0.39 is 0 Å². The second-order valence-corrected chi connectivity index (χ2v) is 11.4. The Morgan fingerprint density at radius 1 is 1.03 bits per heavy atom. The van der Waals surface area contributed by atoms with Gasteiger partial charge in [0.15, 0.2) is 0 Å². The summed E-state index contributed by atoms with van der Waals surface area (Å²) in [6.45, 7) is 10.6. The fourth-order valence-corrected chi connectivity index (χ4v) is 7.60. The Bertz CT molecular complexity index is 911.